The number of esters is 2. The van der Waals surface area contributed by atoms with E-state index < -0.39 is 6.10 Å². The summed E-state index contributed by atoms with van der Waals surface area (Å²) in [6, 6.07) is 0. The van der Waals surface area contributed by atoms with Crippen molar-refractivity contribution in [3.8, 4) is 0 Å². The van der Waals surface area contributed by atoms with Crippen molar-refractivity contribution in [1.82, 2.24) is 0 Å². The van der Waals surface area contributed by atoms with Gasteiger partial charge in [-0.2, -0.15) is 0 Å². The van der Waals surface area contributed by atoms with Gasteiger partial charge in [-0.25, -0.2) is 0 Å². The van der Waals surface area contributed by atoms with E-state index >= 15 is 0 Å². The molecule has 0 amide bonds. The van der Waals surface area contributed by atoms with Crippen LogP contribution in [0.15, 0.2) is 0 Å². The first kappa shape index (κ1) is 34.9. The molecule has 0 aromatic heterocycles. The minimum absolute atomic E-state index is 0.0604. The maximum atomic E-state index is 12.0. The molecule has 0 saturated carbocycles. The third-order valence-corrected chi connectivity index (χ3v) is 7.19. The Morgan fingerprint density at radius 2 is 1.08 bits per heavy atom. The van der Waals surface area contributed by atoms with Gasteiger partial charge in [-0.1, -0.05) is 136 Å². The van der Waals surface area contributed by atoms with Crippen molar-refractivity contribution in [1.29, 1.82) is 0 Å². The first-order valence-electron chi connectivity index (χ1n) is 15.5. The normalized spacial score (nSPS) is 12.9. The number of aliphatic hydroxyl groups excluding tert-OH is 1. The first-order valence-corrected chi connectivity index (χ1v) is 15.5. The van der Waals surface area contributed by atoms with E-state index in [0.717, 1.165) is 44.4 Å². The zero-order valence-corrected chi connectivity index (χ0v) is 24.2. The van der Waals surface area contributed by atoms with Crippen LogP contribution in [0.2, 0.25) is 0 Å². The number of carbonyl (C=O) groups excluding carboxylic acids is 2. The van der Waals surface area contributed by atoms with Gasteiger partial charge in [-0.15, -0.1) is 0 Å². The molecule has 0 aromatic carbocycles. The molecule has 0 heterocycles. The van der Waals surface area contributed by atoms with Gasteiger partial charge in [0.15, 0.2) is 6.10 Å². The van der Waals surface area contributed by atoms with Crippen LogP contribution in [-0.4, -0.2) is 36.4 Å². The predicted molar refractivity (Wildman–Crippen MR) is 150 cm³/mol. The summed E-state index contributed by atoms with van der Waals surface area (Å²) in [5.74, 6) is 0.240. The smallest absolute Gasteiger partial charge is 0.306 e. The maximum absolute atomic E-state index is 12.0. The zero-order chi connectivity index (χ0) is 26.7. The molecule has 5 nitrogen and oxygen atoms in total. The van der Waals surface area contributed by atoms with Crippen LogP contribution in [0.3, 0.4) is 0 Å². The quantitative estimate of drug-likeness (QED) is 0.0880. The van der Waals surface area contributed by atoms with Gasteiger partial charge in [-0.05, 0) is 18.8 Å². The van der Waals surface area contributed by atoms with Gasteiger partial charge in [0.2, 0.25) is 0 Å². The monoisotopic (exact) mass is 512 g/mol. The van der Waals surface area contributed by atoms with Crippen LogP contribution in [0.1, 0.15) is 162 Å². The van der Waals surface area contributed by atoms with E-state index in [9.17, 15) is 14.7 Å². The number of unbranched alkanes of at least 4 members (excludes halogenated alkanes) is 16. The number of aliphatic hydroxyl groups is 1. The molecule has 0 rings (SSSR count). The van der Waals surface area contributed by atoms with E-state index in [0.29, 0.717) is 12.8 Å². The van der Waals surface area contributed by atoms with Gasteiger partial charge in [-0.3, -0.25) is 9.59 Å². The lowest BCUT2D eigenvalue weighted by atomic mass is 10.00. The van der Waals surface area contributed by atoms with Crippen LogP contribution in [-0.2, 0) is 19.1 Å². The summed E-state index contributed by atoms with van der Waals surface area (Å²) in [5.41, 5.74) is 0. The SMILES string of the molecule is CCCCCCCCCCCCCCC(=O)O[C@@H](CO)COC(=O)CCCCCCCCC(C)CC. The minimum Gasteiger partial charge on any atom is -0.462 e. The zero-order valence-electron chi connectivity index (χ0n) is 24.2. The summed E-state index contributed by atoms with van der Waals surface area (Å²) in [5, 5.41) is 9.46. The van der Waals surface area contributed by atoms with Gasteiger partial charge in [0.1, 0.15) is 6.61 Å². The van der Waals surface area contributed by atoms with Crippen molar-refractivity contribution in [2.45, 2.75) is 168 Å². The van der Waals surface area contributed by atoms with Crippen LogP contribution in [0.25, 0.3) is 0 Å². The summed E-state index contributed by atoms with van der Waals surface area (Å²) < 4.78 is 10.5. The van der Waals surface area contributed by atoms with Gasteiger partial charge >= 0.3 is 11.9 Å². The summed E-state index contributed by atoms with van der Waals surface area (Å²) >= 11 is 0. The van der Waals surface area contributed by atoms with E-state index in [2.05, 4.69) is 20.8 Å². The first-order chi connectivity index (χ1) is 17.5. The van der Waals surface area contributed by atoms with Gasteiger partial charge in [0, 0.05) is 12.8 Å². The molecule has 1 N–H and O–H groups in total. The highest BCUT2D eigenvalue weighted by Gasteiger charge is 2.16. The molecule has 1 unspecified atom stereocenters. The number of hydrogen-bond donors (Lipinski definition) is 1. The summed E-state index contributed by atoms with van der Waals surface area (Å²) in [6.07, 6.45) is 24.4. The molecule has 0 fully saturated rings. The Bertz CT molecular complexity index is 493. The summed E-state index contributed by atoms with van der Waals surface area (Å²) in [6.45, 7) is 6.43. The van der Waals surface area contributed by atoms with E-state index in [1.165, 1.54) is 89.9 Å². The van der Waals surface area contributed by atoms with Crippen LogP contribution in [0, 0.1) is 5.92 Å². The molecule has 0 aliphatic carbocycles. The lowest BCUT2D eigenvalue weighted by Gasteiger charge is -2.15. The number of ether oxygens (including phenoxy) is 2. The Balaban J connectivity index is 3.59. The van der Waals surface area contributed by atoms with Gasteiger partial charge in [0.05, 0.1) is 6.61 Å². The molecule has 2 atom stereocenters. The Morgan fingerprint density at radius 1 is 0.639 bits per heavy atom. The second-order valence-corrected chi connectivity index (χ2v) is 10.8. The standard InChI is InChI=1S/C31H60O5/c1-4-6-7-8-9-10-11-12-13-14-19-22-25-31(34)36-29(26-32)27-35-30(33)24-21-18-16-15-17-20-23-28(3)5-2/h28-29,32H,4-27H2,1-3H3/t28?,29-/m0/s1. The van der Waals surface area contributed by atoms with Crippen molar-refractivity contribution >= 4 is 11.9 Å². The van der Waals surface area contributed by atoms with Crippen LogP contribution >= 0.6 is 0 Å². The Labute approximate surface area is 223 Å². The van der Waals surface area contributed by atoms with E-state index in [1.54, 1.807) is 0 Å². The largest absolute Gasteiger partial charge is 0.462 e. The molecular weight excluding hydrogens is 452 g/mol. The molecule has 0 saturated heterocycles. The van der Waals surface area contributed by atoms with Gasteiger partial charge in [0.25, 0.3) is 0 Å². The fourth-order valence-corrected chi connectivity index (χ4v) is 4.41. The second kappa shape index (κ2) is 26.9. The maximum Gasteiger partial charge on any atom is 0.306 e. The number of hydrogen-bond acceptors (Lipinski definition) is 5. The summed E-state index contributed by atoms with van der Waals surface area (Å²) in [4.78, 5) is 24.0. The average molecular weight is 513 g/mol. The fraction of sp³-hybridized carbons (Fsp3) is 0.935. The highest BCUT2D eigenvalue weighted by Crippen LogP contribution is 2.15. The third kappa shape index (κ3) is 24.6. The highest BCUT2D eigenvalue weighted by molar-refractivity contribution is 5.70. The predicted octanol–water partition coefficient (Wildman–Crippen LogP) is 8.69. The number of rotatable bonds is 27. The van der Waals surface area contributed by atoms with Crippen LogP contribution in [0.5, 0.6) is 0 Å². The molecule has 0 bridgehead atoms. The molecule has 0 radical (unpaired) electrons. The topological polar surface area (TPSA) is 72.8 Å². The Hall–Kier alpha value is -1.10. The second-order valence-electron chi connectivity index (χ2n) is 10.8. The molecular formula is C31H60O5. The Morgan fingerprint density at radius 3 is 1.56 bits per heavy atom. The molecule has 214 valence electrons. The van der Waals surface area contributed by atoms with Crippen LogP contribution in [0.4, 0.5) is 0 Å². The van der Waals surface area contributed by atoms with Crippen molar-refractivity contribution < 1.29 is 24.2 Å². The average Bonchev–Trinajstić information content (AvgIpc) is 2.88. The van der Waals surface area contributed by atoms with Crippen molar-refractivity contribution in [2.24, 2.45) is 5.92 Å². The fourth-order valence-electron chi connectivity index (χ4n) is 4.41. The highest BCUT2D eigenvalue weighted by atomic mass is 16.6. The van der Waals surface area contributed by atoms with Crippen molar-refractivity contribution in [3.05, 3.63) is 0 Å². The molecule has 5 heteroatoms. The van der Waals surface area contributed by atoms with Crippen molar-refractivity contribution in [2.75, 3.05) is 13.2 Å². The van der Waals surface area contributed by atoms with Gasteiger partial charge < -0.3 is 14.6 Å². The van der Waals surface area contributed by atoms with E-state index in [1.807, 2.05) is 0 Å². The molecule has 0 spiro atoms. The minimum atomic E-state index is -0.760. The Kier molecular flexibility index (Phi) is 26.1. The summed E-state index contributed by atoms with van der Waals surface area (Å²) in [7, 11) is 0. The van der Waals surface area contributed by atoms with E-state index in [4.69, 9.17) is 9.47 Å². The van der Waals surface area contributed by atoms with Crippen LogP contribution < -0.4 is 0 Å². The third-order valence-electron chi connectivity index (χ3n) is 7.19. The molecule has 36 heavy (non-hydrogen) atoms. The molecule has 0 aliphatic heterocycles. The van der Waals surface area contributed by atoms with Crippen molar-refractivity contribution in [3.63, 3.8) is 0 Å². The molecule has 0 aromatic rings. The lowest BCUT2D eigenvalue weighted by molar-refractivity contribution is -0.161. The number of carbonyl (C=O) groups is 2. The molecule has 0 aliphatic rings. The lowest BCUT2D eigenvalue weighted by Crippen LogP contribution is -2.28. The van der Waals surface area contributed by atoms with E-state index in [-0.39, 0.29) is 25.2 Å².